The maximum atomic E-state index is 13.2. The summed E-state index contributed by atoms with van der Waals surface area (Å²) < 4.78 is 0. The Kier molecular flexibility index (Phi) is 6.35. The molecule has 1 amide bonds. The Morgan fingerprint density at radius 2 is 1.66 bits per heavy atom. The molecule has 2 aliphatic carbocycles. The van der Waals surface area contributed by atoms with Gasteiger partial charge in [0.1, 0.15) is 0 Å². The molecule has 0 aromatic carbocycles. The molecule has 2 N–H and O–H groups in total. The van der Waals surface area contributed by atoms with Gasteiger partial charge in [-0.25, -0.2) is 4.98 Å². The largest absolute Gasteiger partial charge is 0.324 e. The number of hydrogen-bond acceptors (Lipinski definition) is 3. The van der Waals surface area contributed by atoms with Gasteiger partial charge in [0.2, 0.25) is 5.91 Å². The molecular weight excluding hydrogens is 360 g/mol. The number of hydrogen-bond donors (Lipinski definition) is 2. The lowest BCUT2D eigenvalue weighted by atomic mass is 9.95. The molecule has 0 spiro atoms. The van der Waals surface area contributed by atoms with Gasteiger partial charge in [-0.3, -0.25) is 9.89 Å². The van der Waals surface area contributed by atoms with Gasteiger partial charge in [0.25, 0.3) is 0 Å². The van der Waals surface area contributed by atoms with Gasteiger partial charge in [0.15, 0.2) is 5.65 Å². The molecule has 29 heavy (non-hydrogen) atoms. The van der Waals surface area contributed by atoms with E-state index >= 15 is 0 Å². The Bertz CT molecular complexity index is 970. The average molecular weight is 389 g/mol. The molecule has 0 atom stereocenters. The standard InChI is InChI=1S/C24H28N4O/c29-24(19-14-10-4-1-2-5-11-15-19)27-21-17-25-23-20(16-26-28-23)22(21)18-12-8-6-3-7-9-13-18/h3,6-9,12-13,16-17,19H,1-2,4-5,10-11,14-15H2,(H,27,29)(H,25,26,28)/b6-3-,7-3?,8-6?,9-7-,12-8-,13-9?,18-12?,18-13+. The minimum atomic E-state index is 0.0747. The van der Waals surface area contributed by atoms with Crippen LogP contribution in [0.25, 0.3) is 16.6 Å². The van der Waals surface area contributed by atoms with Crippen LogP contribution < -0.4 is 5.32 Å². The number of anilines is 1. The number of aromatic nitrogens is 3. The maximum Gasteiger partial charge on any atom is 0.227 e. The van der Waals surface area contributed by atoms with E-state index in [0.717, 1.165) is 53.5 Å². The molecule has 5 heteroatoms. The first-order chi connectivity index (χ1) is 14.3. The van der Waals surface area contributed by atoms with Crippen molar-refractivity contribution in [2.45, 2.75) is 51.4 Å². The molecule has 0 saturated heterocycles. The number of rotatable bonds is 3. The molecular formula is C24H28N4O. The van der Waals surface area contributed by atoms with Crippen LogP contribution in [0.5, 0.6) is 0 Å². The van der Waals surface area contributed by atoms with Gasteiger partial charge in [-0.1, -0.05) is 81.1 Å². The van der Waals surface area contributed by atoms with Crippen molar-refractivity contribution in [1.82, 2.24) is 15.2 Å². The summed E-state index contributed by atoms with van der Waals surface area (Å²) in [5.74, 6) is 0.189. The van der Waals surface area contributed by atoms with Gasteiger partial charge in [-0.2, -0.15) is 5.10 Å². The Morgan fingerprint density at radius 1 is 0.931 bits per heavy atom. The molecule has 0 bridgehead atoms. The molecule has 0 unspecified atom stereocenters. The zero-order chi connectivity index (χ0) is 19.9. The number of pyridine rings is 1. The second-order valence-electron chi connectivity index (χ2n) is 7.81. The summed E-state index contributed by atoms with van der Waals surface area (Å²) >= 11 is 0. The second-order valence-corrected chi connectivity index (χ2v) is 7.81. The minimum absolute atomic E-state index is 0.0747. The molecule has 1 saturated carbocycles. The fraction of sp³-hybridized carbons (Fsp3) is 0.375. The highest BCUT2D eigenvalue weighted by atomic mass is 16.1. The first-order valence-electron chi connectivity index (χ1n) is 10.7. The fourth-order valence-corrected chi connectivity index (χ4v) is 4.17. The van der Waals surface area contributed by atoms with Crippen LogP contribution >= 0.6 is 0 Å². The highest BCUT2D eigenvalue weighted by molar-refractivity contribution is 6.03. The van der Waals surface area contributed by atoms with Crippen molar-refractivity contribution in [2.24, 2.45) is 5.92 Å². The molecule has 2 aromatic rings. The summed E-state index contributed by atoms with van der Waals surface area (Å²) in [5.41, 5.74) is 3.44. The Morgan fingerprint density at radius 3 is 2.48 bits per heavy atom. The Labute approximate surface area is 171 Å². The predicted octanol–water partition coefficient (Wildman–Crippen LogP) is 5.71. The Hall–Kier alpha value is -2.95. The molecule has 5 nitrogen and oxygen atoms in total. The lowest BCUT2D eigenvalue weighted by Crippen LogP contribution is -2.23. The van der Waals surface area contributed by atoms with Crippen LogP contribution in [0.15, 0.2) is 54.9 Å². The molecule has 0 radical (unpaired) electrons. The number of allylic oxidation sites excluding steroid dienone is 8. The number of carbonyl (C=O) groups is 1. The van der Waals surface area contributed by atoms with Crippen molar-refractivity contribution in [3.63, 3.8) is 0 Å². The monoisotopic (exact) mass is 388 g/mol. The molecule has 0 aliphatic heterocycles. The summed E-state index contributed by atoms with van der Waals surface area (Å²) in [6.45, 7) is 0. The van der Waals surface area contributed by atoms with Crippen molar-refractivity contribution in [3.8, 4) is 0 Å². The maximum absolute atomic E-state index is 13.2. The SMILES string of the molecule is O=C(Nc1cnc2[nH]ncc2c1C1=C/C=C\C=C/C=C\1)C1CCCCCCCC1. The topological polar surface area (TPSA) is 70.7 Å². The van der Waals surface area contributed by atoms with E-state index in [1.54, 1.807) is 12.4 Å². The van der Waals surface area contributed by atoms with Crippen LogP contribution in [0.1, 0.15) is 56.9 Å². The summed E-state index contributed by atoms with van der Waals surface area (Å²) in [7, 11) is 0. The smallest absolute Gasteiger partial charge is 0.227 e. The van der Waals surface area contributed by atoms with E-state index < -0.39 is 0 Å². The van der Waals surface area contributed by atoms with E-state index in [1.807, 2.05) is 30.4 Å². The van der Waals surface area contributed by atoms with Crippen molar-refractivity contribution >= 4 is 28.2 Å². The van der Waals surface area contributed by atoms with Crippen molar-refractivity contribution in [1.29, 1.82) is 0 Å². The van der Waals surface area contributed by atoms with Crippen LogP contribution in [0.3, 0.4) is 0 Å². The number of H-pyrrole nitrogens is 1. The first kappa shape index (κ1) is 19.4. The van der Waals surface area contributed by atoms with Crippen molar-refractivity contribution in [2.75, 3.05) is 5.32 Å². The Balaban J connectivity index is 1.65. The lowest BCUT2D eigenvalue weighted by molar-refractivity contribution is -0.120. The van der Waals surface area contributed by atoms with E-state index in [0.29, 0.717) is 0 Å². The van der Waals surface area contributed by atoms with E-state index in [2.05, 4.69) is 32.7 Å². The number of fused-ring (bicyclic) bond motifs is 1. The third-order valence-corrected chi connectivity index (χ3v) is 5.75. The van der Waals surface area contributed by atoms with Crippen molar-refractivity contribution in [3.05, 3.63) is 60.5 Å². The zero-order valence-corrected chi connectivity index (χ0v) is 16.7. The molecule has 1 fully saturated rings. The average Bonchev–Trinajstić information content (AvgIpc) is 3.21. The first-order valence-corrected chi connectivity index (χ1v) is 10.7. The molecule has 150 valence electrons. The van der Waals surface area contributed by atoms with Crippen LogP contribution in [0, 0.1) is 5.92 Å². The van der Waals surface area contributed by atoms with Gasteiger partial charge in [0.05, 0.1) is 18.1 Å². The lowest BCUT2D eigenvalue weighted by Gasteiger charge is -2.18. The van der Waals surface area contributed by atoms with Crippen LogP contribution in [-0.2, 0) is 4.79 Å². The van der Waals surface area contributed by atoms with Gasteiger partial charge in [-0.05, 0) is 18.4 Å². The fourth-order valence-electron chi connectivity index (χ4n) is 4.17. The summed E-state index contributed by atoms with van der Waals surface area (Å²) in [5, 5.41) is 11.2. The summed E-state index contributed by atoms with van der Waals surface area (Å²) in [4.78, 5) is 17.6. The number of amides is 1. The summed E-state index contributed by atoms with van der Waals surface area (Å²) in [6, 6.07) is 0. The predicted molar refractivity (Wildman–Crippen MR) is 118 cm³/mol. The van der Waals surface area contributed by atoms with Gasteiger partial charge in [0, 0.05) is 16.9 Å². The normalized spacial score (nSPS) is 23.5. The second kappa shape index (κ2) is 9.50. The highest BCUT2D eigenvalue weighted by Crippen LogP contribution is 2.32. The number of nitrogens with zero attached hydrogens (tertiary/aromatic N) is 2. The molecule has 4 rings (SSSR count). The van der Waals surface area contributed by atoms with E-state index in [-0.39, 0.29) is 11.8 Å². The quantitative estimate of drug-likeness (QED) is 0.707. The minimum Gasteiger partial charge on any atom is -0.324 e. The van der Waals surface area contributed by atoms with Crippen LogP contribution in [0.2, 0.25) is 0 Å². The zero-order valence-electron chi connectivity index (χ0n) is 16.7. The number of aromatic amines is 1. The van der Waals surface area contributed by atoms with E-state index in [9.17, 15) is 4.79 Å². The van der Waals surface area contributed by atoms with E-state index in [4.69, 9.17) is 0 Å². The summed E-state index contributed by atoms with van der Waals surface area (Å²) in [6.07, 6.45) is 26.9. The van der Waals surface area contributed by atoms with Gasteiger partial charge in [-0.15, -0.1) is 0 Å². The number of carbonyl (C=O) groups excluding carboxylic acids is 1. The van der Waals surface area contributed by atoms with Gasteiger partial charge < -0.3 is 5.32 Å². The van der Waals surface area contributed by atoms with Gasteiger partial charge >= 0.3 is 0 Å². The molecule has 2 aromatic heterocycles. The third kappa shape index (κ3) is 4.73. The van der Waals surface area contributed by atoms with Crippen LogP contribution in [0.4, 0.5) is 5.69 Å². The molecule has 2 heterocycles. The van der Waals surface area contributed by atoms with Crippen LogP contribution in [-0.4, -0.2) is 21.1 Å². The third-order valence-electron chi connectivity index (χ3n) is 5.75. The van der Waals surface area contributed by atoms with Crippen molar-refractivity contribution < 1.29 is 4.79 Å². The highest BCUT2D eigenvalue weighted by Gasteiger charge is 2.21. The number of nitrogens with one attached hydrogen (secondary N) is 2. The molecule has 2 aliphatic rings. The van der Waals surface area contributed by atoms with E-state index in [1.165, 1.54) is 25.7 Å².